The number of hydrogen-bond acceptors (Lipinski definition) is 3. The van der Waals surface area contributed by atoms with Gasteiger partial charge >= 0.3 is 0 Å². The molecule has 104 valence electrons. The molecule has 0 saturated carbocycles. The second-order valence-corrected chi connectivity index (χ2v) is 6.82. The number of aromatic amines is 1. The molecule has 18 heavy (non-hydrogen) atoms. The van der Waals surface area contributed by atoms with Crippen LogP contribution in [0.15, 0.2) is 11.1 Å². The first-order chi connectivity index (χ1) is 8.40. The van der Waals surface area contributed by atoms with E-state index in [1.807, 2.05) is 0 Å². The van der Waals surface area contributed by atoms with Gasteiger partial charge in [-0.25, -0.2) is 13.1 Å². The number of nitrogens with one attached hydrogen (secondary N) is 2. The number of aromatic nitrogens is 2. The van der Waals surface area contributed by atoms with Gasteiger partial charge in [0.1, 0.15) is 4.90 Å². The molecule has 0 fully saturated rings. The molecule has 1 aromatic rings. The van der Waals surface area contributed by atoms with Crippen LogP contribution in [0.2, 0.25) is 0 Å². The van der Waals surface area contributed by atoms with Crippen LogP contribution in [0.25, 0.3) is 0 Å². The number of nitrogens with zero attached hydrogens (tertiary/aromatic N) is 1. The predicted molar refractivity (Wildman–Crippen MR) is 75.3 cm³/mol. The third-order valence-corrected chi connectivity index (χ3v) is 6.20. The molecule has 1 aromatic heterocycles. The lowest BCUT2D eigenvalue weighted by Crippen LogP contribution is -2.38. The van der Waals surface area contributed by atoms with Crippen molar-refractivity contribution in [2.24, 2.45) is 5.41 Å². The number of sulfonamides is 1. The maximum absolute atomic E-state index is 12.1. The summed E-state index contributed by atoms with van der Waals surface area (Å²) in [6, 6.07) is 0. The van der Waals surface area contributed by atoms with Crippen molar-refractivity contribution in [3.05, 3.63) is 11.9 Å². The lowest BCUT2D eigenvalue weighted by atomic mass is 9.85. The van der Waals surface area contributed by atoms with Gasteiger partial charge in [0.05, 0.1) is 11.9 Å². The first kappa shape index (κ1) is 15.7. The van der Waals surface area contributed by atoms with Crippen molar-refractivity contribution in [3.8, 4) is 0 Å². The Morgan fingerprint density at radius 3 is 2.44 bits per heavy atom. The Balaban J connectivity index is 2.83. The Kier molecular flexibility index (Phi) is 5.36. The number of rotatable bonds is 7. The molecule has 0 aliphatic heterocycles. The third-order valence-electron chi connectivity index (χ3n) is 3.49. The zero-order chi connectivity index (χ0) is 13.8. The minimum absolute atomic E-state index is 0.0370. The Morgan fingerprint density at radius 1 is 1.44 bits per heavy atom. The minimum Gasteiger partial charge on any atom is -0.281 e. The van der Waals surface area contributed by atoms with Gasteiger partial charge in [-0.3, -0.25) is 5.10 Å². The Bertz CT molecular complexity index is 472. The Morgan fingerprint density at radius 2 is 2.06 bits per heavy atom. The maximum atomic E-state index is 12.1. The van der Waals surface area contributed by atoms with Crippen LogP contribution in [0.4, 0.5) is 0 Å². The normalized spacial score (nSPS) is 12.9. The lowest BCUT2D eigenvalue weighted by molar-refractivity contribution is 0.309. The van der Waals surface area contributed by atoms with Crippen LogP contribution in [-0.4, -0.2) is 30.5 Å². The van der Waals surface area contributed by atoms with E-state index in [0.29, 0.717) is 12.2 Å². The van der Waals surface area contributed by atoms with Crippen molar-refractivity contribution in [1.82, 2.24) is 14.9 Å². The summed E-state index contributed by atoms with van der Waals surface area (Å²) < 4.78 is 26.9. The van der Waals surface area contributed by atoms with Crippen LogP contribution in [0.1, 0.15) is 32.4 Å². The van der Waals surface area contributed by atoms with Gasteiger partial charge in [0.25, 0.3) is 0 Å². The monoisotopic (exact) mass is 337 g/mol. The standard InChI is InChI=1S/C11H20BrN3O2S/c1-4-11(5-2,7-12)8-14-18(16,17)10-6-13-15-9(10)3/h6,14H,4-5,7-8H2,1-3H3,(H,13,15). The summed E-state index contributed by atoms with van der Waals surface area (Å²) in [5.41, 5.74) is 0.519. The molecule has 1 heterocycles. The summed E-state index contributed by atoms with van der Waals surface area (Å²) in [5.74, 6) is 0. The quantitative estimate of drug-likeness (QED) is 0.749. The fourth-order valence-electron chi connectivity index (χ4n) is 1.67. The van der Waals surface area contributed by atoms with Gasteiger partial charge in [0.15, 0.2) is 0 Å². The molecule has 0 unspecified atom stereocenters. The molecule has 0 atom stereocenters. The van der Waals surface area contributed by atoms with Crippen LogP contribution < -0.4 is 4.72 Å². The van der Waals surface area contributed by atoms with Crippen molar-refractivity contribution in [2.45, 2.75) is 38.5 Å². The number of aryl methyl sites for hydroxylation is 1. The van der Waals surface area contributed by atoms with Gasteiger partial charge in [-0.1, -0.05) is 29.8 Å². The van der Waals surface area contributed by atoms with Crippen LogP contribution in [0.3, 0.4) is 0 Å². The van der Waals surface area contributed by atoms with Gasteiger partial charge in [0, 0.05) is 11.9 Å². The summed E-state index contributed by atoms with van der Waals surface area (Å²) in [4.78, 5) is 0.221. The molecule has 7 heteroatoms. The molecule has 5 nitrogen and oxygen atoms in total. The fourth-order valence-corrected chi connectivity index (χ4v) is 3.96. The molecule has 0 aliphatic carbocycles. The van der Waals surface area contributed by atoms with Gasteiger partial charge in [-0.15, -0.1) is 0 Å². The fraction of sp³-hybridized carbons (Fsp3) is 0.727. The molecule has 0 aromatic carbocycles. The molecule has 0 bridgehead atoms. The molecular formula is C11H20BrN3O2S. The van der Waals surface area contributed by atoms with E-state index in [0.717, 1.165) is 18.2 Å². The highest BCUT2D eigenvalue weighted by atomic mass is 79.9. The van der Waals surface area contributed by atoms with E-state index in [9.17, 15) is 8.42 Å². The molecule has 0 aliphatic rings. The van der Waals surface area contributed by atoms with Crippen LogP contribution in [-0.2, 0) is 10.0 Å². The first-order valence-corrected chi connectivity index (χ1v) is 8.57. The second-order valence-electron chi connectivity index (χ2n) is 4.52. The highest BCUT2D eigenvalue weighted by Gasteiger charge is 2.28. The number of alkyl halides is 1. The van der Waals surface area contributed by atoms with E-state index in [4.69, 9.17) is 0 Å². The van der Waals surface area contributed by atoms with E-state index in [-0.39, 0.29) is 10.3 Å². The summed E-state index contributed by atoms with van der Waals surface area (Å²) in [7, 11) is -3.48. The SMILES string of the molecule is CCC(CC)(CBr)CNS(=O)(=O)c1cn[nH]c1C. The van der Waals surface area contributed by atoms with Crippen molar-refractivity contribution >= 4 is 26.0 Å². The van der Waals surface area contributed by atoms with E-state index in [1.165, 1.54) is 6.20 Å². The Hall–Kier alpha value is -0.400. The second kappa shape index (κ2) is 6.16. The predicted octanol–water partition coefficient (Wildman–Crippen LogP) is 2.20. The van der Waals surface area contributed by atoms with Gasteiger partial charge < -0.3 is 0 Å². The van der Waals surface area contributed by atoms with Crippen molar-refractivity contribution in [3.63, 3.8) is 0 Å². The van der Waals surface area contributed by atoms with E-state index >= 15 is 0 Å². The van der Waals surface area contributed by atoms with Crippen LogP contribution in [0.5, 0.6) is 0 Å². The van der Waals surface area contributed by atoms with Gasteiger partial charge in [-0.2, -0.15) is 5.10 Å². The molecule has 0 radical (unpaired) electrons. The number of halogens is 1. The summed E-state index contributed by atoms with van der Waals surface area (Å²) in [6.07, 6.45) is 3.18. The maximum Gasteiger partial charge on any atom is 0.243 e. The van der Waals surface area contributed by atoms with Crippen LogP contribution >= 0.6 is 15.9 Å². The summed E-state index contributed by atoms with van der Waals surface area (Å²) in [6.45, 7) is 6.27. The summed E-state index contributed by atoms with van der Waals surface area (Å²) in [5, 5.41) is 7.15. The minimum atomic E-state index is -3.48. The lowest BCUT2D eigenvalue weighted by Gasteiger charge is -2.29. The van der Waals surface area contributed by atoms with Crippen molar-refractivity contribution < 1.29 is 8.42 Å². The number of hydrogen-bond donors (Lipinski definition) is 2. The largest absolute Gasteiger partial charge is 0.281 e. The average molecular weight is 338 g/mol. The zero-order valence-electron chi connectivity index (χ0n) is 11.0. The summed E-state index contributed by atoms with van der Waals surface area (Å²) >= 11 is 3.47. The number of H-pyrrole nitrogens is 1. The van der Waals surface area contributed by atoms with E-state index in [1.54, 1.807) is 6.92 Å². The molecule has 2 N–H and O–H groups in total. The highest BCUT2D eigenvalue weighted by Crippen LogP contribution is 2.28. The molecule has 0 spiro atoms. The van der Waals surface area contributed by atoms with Gasteiger partial charge in [0.2, 0.25) is 10.0 Å². The van der Waals surface area contributed by atoms with E-state index < -0.39 is 10.0 Å². The molecular weight excluding hydrogens is 318 g/mol. The van der Waals surface area contributed by atoms with E-state index in [2.05, 4.69) is 44.7 Å². The molecule has 0 amide bonds. The van der Waals surface area contributed by atoms with Crippen molar-refractivity contribution in [1.29, 1.82) is 0 Å². The Labute approximate surface area is 117 Å². The molecule has 0 saturated heterocycles. The molecule has 1 rings (SSSR count). The smallest absolute Gasteiger partial charge is 0.243 e. The first-order valence-electron chi connectivity index (χ1n) is 5.96. The van der Waals surface area contributed by atoms with Gasteiger partial charge in [-0.05, 0) is 25.2 Å². The average Bonchev–Trinajstić information content (AvgIpc) is 2.79. The zero-order valence-corrected chi connectivity index (χ0v) is 13.4. The van der Waals surface area contributed by atoms with Crippen LogP contribution in [0, 0.1) is 12.3 Å². The third kappa shape index (κ3) is 3.33. The topological polar surface area (TPSA) is 74.8 Å². The highest BCUT2D eigenvalue weighted by molar-refractivity contribution is 9.09. The van der Waals surface area contributed by atoms with Crippen molar-refractivity contribution in [2.75, 3.05) is 11.9 Å².